The van der Waals surface area contributed by atoms with Crippen LogP contribution in [0, 0.1) is 0 Å². The van der Waals surface area contributed by atoms with Crippen LogP contribution in [0.25, 0.3) is 0 Å². The van der Waals surface area contributed by atoms with Gasteiger partial charge in [0, 0.05) is 13.0 Å². The maximum absolute atomic E-state index is 12.7. The van der Waals surface area contributed by atoms with Crippen molar-refractivity contribution in [1.82, 2.24) is 0 Å². The fourth-order valence-corrected chi connectivity index (χ4v) is 6.83. The normalized spacial score (nSPS) is 24.3. The molecular weight excluding hydrogens is 679 g/mol. The van der Waals surface area contributed by atoms with Gasteiger partial charge in [-0.05, 0) is 44.9 Å². The lowest BCUT2D eigenvalue weighted by Gasteiger charge is -2.41. The Balaban J connectivity index is 2.44. The zero-order valence-electron chi connectivity index (χ0n) is 31.4. The molecule has 0 aromatic carbocycles. The number of phosphoric ester groups is 1. The monoisotopic (exact) mass is 750 g/mol. The first-order valence-corrected chi connectivity index (χ1v) is 21.2. The molecular formula is C38H71O12P. The van der Waals surface area contributed by atoms with Crippen LogP contribution in [0.2, 0.25) is 0 Å². The highest BCUT2D eigenvalue weighted by molar-refractivity contribution is 7.47. The van der Waals surface area contributed by atoms with E-state index in [1.165, 1.54) is 64.2 Å². The second kappa shape index (κ2) is 30.2. The summed E-state index contributed by atoms with van der Waals surface area (Å²) in [5, 5.41) is 49.9. The lowest BCUT2D eigenvalue weighted by molar-refractivity contribution is -0.220. The van der Waals surface area contributed by atoms with Crippen molar-refractivity contribution in [2.45, 2.75) is 191 Å². The highest BCUT2D eigenvalue weighted by atomic mass is 31.2. The Bertz CT molecular complexity index is 947. The molecule has 1 fully saturated rings. The second-order valence-corrected chi connectivity index (χ2v) is 15.2. The van der Waals surface area contributed by atoms with Gasteiger partial charge in [-0.15, -0.1) is 0 Å². The van der Waals surface area contributed by atoms with E-state index >= 15 is 0 Å². The Labute approximate surface area is 307 Å². The largest absolute Gasteiger partial charge is 0.472 e. The van der Waals surface area contributed by atoms with Gasteiger partial charge in [0.2, 0.25) is 0 Å². The molecule has 1 rings (SSSR count). The van der Waals surface area contributed by atoms with Crippen LogP contribution in [0.5, 0.6) is 0 Å². The van der Waals surface area contributed by atoms with Gasteiger partial charge in [-0.1, -0.05) is 122 Å². The van der Waals surface area contributed by atoms with Gasteiger partial charge in [0.05, 0.1) is 13.2 Å². The zero-order valence-corrected chi connectivity index (χ0v) is 32.3. The van der Waals surface area contributed by atoms with Crippen molar-refractivity contribution in [1.29, 1.82) is 0 Å². The van der Waals surface area contributed by atoms with E-state index in [4.69, 9.17) is 18.5 Å². The topological polar surface area (TPSA) is 192 Å². The molecule has 6 atom stereocenters. The van der Waals surface area contributed by atoms with Gasteiger partial charge in [0.25, 0.3) is 0 Å². The molecule has 0 aliphatic heterocycles. The molecule has 0 saturated heterocycles. The quantitative estimate of drug-likeness (QED) is 0.0188. The molecule has 12 nitrogen and oxygen atoms in total. The van der Waals surface area contributed by atoms with E-state index in [0.29, 0.717) is 13.0 Å². The lowest BCUT2D eigenvalue weighted by atomic mass is 9.85. The molecule has 6 N–H and O–H groups in total. The van der Waals surface area contributed by atoms with Gasteiger partial charge < -0.3 is 39.9 Å². The molecule has 13 heteroatoms. The van der Waals surface area contributed by atoms with Crippen LogP contribution >= 0.6 is 7.82 Å². The first kappa shape index (κ1) is 47.8. The number of allylic oxidation sites excluding steroid dienone is 4. The molecule has 0 bridgehead atoms. The smallest absolute Gasteiger partial charge is 0.457 e. The number of carbonyl (C=O) groups is 1. The van der Waals surface area contributed by atoms with E-state index in [1.54, 1.807) is 0 Å². The highest BCUT2D eigenvalue weighted by Crippen LogP contribution is 2.47. The molecule has 0 radical (unpaired) electrons. The molecule has 51 heavy (non-hydrogen) atoms. The SMILES string of the molecule is CCCCC/C=C\C/C=C\CCCCCCCCOCC(COP(=O)(O)OC1C(O)C(O)C(O)C(O)C1O)OC(=O)CCCCCCCCCC. The number of phosphoric acid groups is 1. The predicted molar refractivity (Wildman–Crippen MR) is 198 cm³/mol. The van der Waals surface area contributed by atoms with Crippen LogP contribution in [0.4, 0.5) is 0 Å². The number of unbranched alkanes of at least 4 members (excludes halogenated alkanes) is 16. The van der Waals surface area contributed by atoms with Crippen molar-refractivity contribution in [2.75, 3.05) is 19.8 Å². The van der Waals surface area contributed by atoms with Crippen LogP contribution in [-0.2, 0) is 27.9 Å². The molecule has 0 heterocycles. The Morgan fingerprint density at radius 3 is 1.69 bits per heavy atom. The second-order valence-electron chi connectivity index (χ2n) is 13.8. The van der Waals surface area contributed by atoms with Crippen LogP contribution in [0.1, 0.15) is 149 Å². The third-order valence-corrected chi connectivity index (χ3v) is 10.1. The average Bonchev–Trinajstić information content (AvgIpc) is 3.11. The Kier molecular flexibility index (Phi) is 28.3. The summed E-state index contributed by atoms with van der Waals surface area (Å²) in [6.45, 7) is 4.14. The minimum absolute atomic E-state index is 0.0816. The number of ether oxygens (including phenoxy) is 2. The van der Waals surface area contributed by atoms with Gasteiger partial charge in [0.1, 0.15) is 42.7 Å². The molecule has 0 aromatic rings. The number of aliphatic hydroxyl groups excluding tert-OH is 5. The average molecular weight is 751 g/mol. The predicted octanol–water partition coefficient (Wildman–Crippen LogP) is 6.58. The summed E-state index contributed by atoms with van der Waals surface area (Å²) in [4.78, 5) is 22.9. The third-order valence-electron chi connectivity index (χ3n) is 9.08. The van der Waals surface area contributed by atoms with Crippen LogP contribution < -0.4 is 0 Å². The molecule has 300 valence electrons. The van der Waals surface area contributed by atoms with Crippen LogP contribution in [0.15, 0.2) is 24.3 Å². The first-order valence-electron chi connectivity index (χ1n) is 19.7. The number of rotatable bonds is 32. The van der Waals surface area contributed by atoms with Gasteiger partial charge in [0.15, 0.2) is 0 Å². The summed E-state index contributed by atoms with van der Waals surface area (Å²) in [6.07, 6.45) is 18.5. The third kappa shape index (κ3) is 23.3. The summed E-state index contributed by atoms with van der Waals surface area (Å²) < 4.78 is 33.9. The summed E-state index contributed by atoms with van der Waals surface area (Å²) in [6, 6.07) is 0. The van der Waals surface area contributed by atoms with E-state index in [-0.39, 0.29) is 13.0 Å². The standard InChI is InChI=1S/C38H71O12P/c1-3-5-7-9-11-13-14-15-16-17-18-19-20-22-24-26-28-47-29-31(49-32(39)27-25-23-21-12-10-8-6-4-2)30-48-51(45,46)50-38-36(43)34(41)33(40)35(42)37(38)44/h11,13,15-16,31,33-38,40-44H,3-10,12,14,17-30H2,1-2H3,(H,45,46)/b13-11-,16-15-. The van der Waals surface area contributed by atoms with Crippen LogP contribution in [-0.4, -0.2) is 98.9 Å². The lowest BCUT2D eigenvalue weighted by Crippen LogP contribution is -2.64. The van der Waals surface area contributed by atoms with Crippen molar-refractivity contribution < 1.29 is 58.3 Å². The van der Waals surface area contributed by atoms with Crippen molar-refractivity contribution in [3.8, 4) is 0 Å². The number of hydrogen-bond acceptors (Lipinski definition) is 11. The van der Waals surface area contributed by atoms with E-state index < -0.39 is 63.1 Å². The Morgan fingerprint density at radius 2 is 1.10 bits per heavy atom. The van der Waals surface area contributed by atoms with E-state index in [9.17, 15) is 39.8 Å². The minimum atomic E-state index is -5.00. The van der Waals surface area contributed by atoms with Crippen LogP contribution in [0.3, 0.4) is 0 Å². The van der Waals surface area contributed by atoms with E-state index in [1.807, 2.05) is 0 Å². The summed E-state index contributed by atoms with van der Waals surface area (Å²) in [5.74, 6) is -0.487. The molecule has 0 aromatic heterocycles. The highest BCUT2D eigenvalue weighted by Gasteiger charge is 2.51. The van der Waals surface area contributed by atoms with Gasteiger partial charge in [-0.25, -0.2) is 4.57 Å². The number of esters is 1. The zero-order chi connectivity index (χ0) is 37.7. The fourth-order valence-electron chi connectivity index (χ4n) is 5.85. The minimum Gasteiger partial charge on any atom is -0.457 e. The Hall–Kier alpha value is -1.18. The van der Waals surface area contributed by atoms with Crippen molar-refractivity contribution >= 4 is 13.8 Å². The van der Waals surface area contributed by atoms with Gasteiger partial charge in [-0.3, -0.25) is 13.8 Å². The fraction of sp³-hybridized carbons (Fsp3) is 0.868. The van der Waals surface area contributed by atoms with E-state index in [2.05, 4.69) is 38.2 Å². The van der Waals surface area contributed by atoms with Crippen molar-refractivity contribution in [3.63, 3.8) is 0 Å². The van der Waals surface area contributed by atoms with Gasteiger partial charge in [-0.2, -0.15) is 0 Å². The summed E-state index contributed by atoms with van der Waals surface area (Å²) >= 11 is 0. The Morgan fingerprint density at radius 1 is 0.627 bits per heavy atom. The van der Waals surface area contributed by atoms with Crippen molar-refractivity contribution in [2.24, 2.45) is 0 Å². The molecule has 1 aliphatic rings. The first-order chi connectivity index (χ1) is 24.5. The number of hydrogen-bond donors (Lipinski definition) is 6. The molecule has 0 amide bonds. The van der Waals surface area contributed by atoms with Crippen molar-refractivity contribution in [3.05, 3.63) is 24.3 Å². The molecule has 1 aliphatic carbocycles. The summed E-state index contributed by atoms with van der Waals surface area (Å²) in [7, 11) is -5.00. The molecule has 0 spiro atoms. The molecule has 6 unspecified atom stereocenters. The van der Waals surface area contributed by atoms with Gasteiger partial charge >= 0.3 is 13.8 Å². The maximum Gasteiger partial charge on any atom is 0.472 e. The van der Waals surface area contributed by atoms with E-state index in [0.717, 1.165) is 57.8 Å². The molecule has 1 saturated carbocycles. The number of aliphatic hydroxyl groups is 5. The summed E-state index contributed by atoms with van der Waals surface area (Å²) in [5.41, 5.74) is 0. The number of carbonyl (C=O) groups excluding carboxylic acids is 1. The maximum atomic E-state index is 12.7.